The molecule has 1 rings (SSSR count). The van der Waals surface area contributed by atoms with Gasteiger partial charge in [0.15, 0.2) is 0 Å². The largest absolute Gasteiger partial charge is 0.0651 e. The Hall–Kier alpha value is 0. The summed E-state index contributed by atoms with van der Waals surface area (Å²) in [6.45, 7) is 9.41. The lowest BCUT2D eigenvalue weighted by Crippen LogP contribution is -1.98. The molecule has 0 saturated heterocycles. The molecule has 3 atom stereocenters. The molecule has 0 bridgehead atoms. The van der Waals surface area contributed by atoms with Crippen LogP contribution < -0.4 is 0 Å². The fourth-order valence-corrected chi connectivity index (χ4v) is 2.15. The van der Waals surface area contributed by atoms with Gasteiger partial charge in [0, 0.05) is 0 Å². The second-order valence-corrected chi connectivity index (χ2v) is 5.02. The predicted molar refractivity (Wildman–Crippen MR) is 55.1 cm³/mol. The average molecular weight is 168 g/mol. The summed E-state index contributed by atoms with van der Waals surface area (Å²) in [5.74, 6) is 4.08. The van der Waals surface area contributed by atoms with Crippen molar-refractivity contribution in [3.8, 4) is 0 Å². The van der Waals surface area contributed by atoms with Crippen molar-refractivity contribution in [3.05, 3.63) is 0 Å². The molecule has 72 valence electrons. The summed E-state index contributed by atoms with van der Waals surface area (Å²) in [7, 11) is 0. The molecule has 1 aliphatic carbocycles. The predicted octanol–water partition coefficient (Wildman–Crippen LogP) is 4.10. The van der Waals surface area contributed by atoms with E-state index in [1.54, 1.807) is 0 Å². The molecular formula is C12H24. The monoisotopic (exact) mass is 168 g/mol. The lowest BCUT2D eigenvalue weighted by Gasteiger charge is -2.07. The fraction of sp³-hybridized carbons (Fsp3) is 1.00. The van der Waals surface area contributed by atoms with Gasteiger partial charge in [0.25, 0.3) is 0 Å². The maximum Gasteiger partial charge on any atom is -0.0357 e. The van der Waals surface area contributed by atoms with Crippen LogP contribution in [0.5, 0.6) is 0 Å². The molecule has 1 aliphatic rings. The molecule has 0 radical (unpaired) electrons. The topological polar surface area (TPSA) is 0 Å². The SMILES string of the molecule is CCC(C)C1CC1CCC(C)C. The van der Waals surface area contributed by atoms with Crippen molar-refractivity contribution in [2.24, 2.45) is 23.7 Å². The zero-order valence-corrected chi connectivity index (χ0v) is 9.14. The Morgan fingerprint density at radius 1 is 1.25 bits per heavy atom. The van der Waals surface area contributed by atoms with Crippen LogP contribution in [0.15, 0.2) is 0 Å². The van der Waals surface area contributed by atoms with Crippen LogP contribution in [-0.4, -0.2) is 0 Å². The molecule has 0 aromatic rings. The molecule has 1 fully saturated rings. The average Bonchev–Trinajstić information content (AvgIpc) is 2.78. The summed E-state index contributed by atoms with van der Waals surface area (Å²) in [6.07, 6.45) is 5.84. The van der Waals surface area contributed by atoms with Crippen LogP contribution in [0.25, 0.3) is 0 Å². The second kappa shape index (κ2) is 4.30. The van der Waals surface area contributed by atoms with E-state index in [2.05, 4.69) is 27.7 Å². The van der Waals surface area contributed by atoms with Crippen molar-refractivity contribution < 1.29 is 0 Å². The van der Waals surface area contributed by atoms with Crippen molar-refractivity contribution >= 4 is 0 Å². The minimum absolute atomic E-state index is 0.906. The van der Waals surface area contributed by atoms with Crippen molar-refractivity contribution in [3.63, 3.8) is 0 Å². The molecule has 0 N–H and O–H groups in total. The minimum atomic E-state index is 0.906. The van der Waals surface area contributed by atoms with Gasteiger partial charge in [-0.25, -0.2) is 0 Å². The van der Waals surface area contributed by atoms with Gasteiger partial charge in [0.2, 0.25) is 0 Å². The maximum atomic E-state index is 2.42. The Kier molecular flexibility index (Phi) is 3.61. The van der Waals surface area contributed by atoms with Crippen molar-refractivity contribution in [2.75, 3.05) is 0 Å². The molecule has 0 amide bonds. The Bertz CT molecular complexity index is 126. The third-order valence-electron chi connectivity index (χ3n) is 3.47. The van der Waals surface area contributed by atoms with E-state index < -0.39 is 0 Å². The summed E-state index contributed by atoms with van der Waals surface area (Å²) in [5.41, 5.74) is 0. The van der Waals surface area contributed by atoms with Gasteiger partial charge in [-0.05, 0) is 36.5 Å². The Morgan fingerprint density at radius 3 is 2.42 bits per heavy atom. The lowest BCUT2D eigenvalue weighted by atomic mass is 9.98. The highest BCUT2D eigenvalue weighted by molar-refractivity contribution is 4.89. The van der Waals surface area contributed by atoms with Crippen LogP contribution >= 0.6 is 0 Å². The number of hydrogen-bond acceptors (Lipinski definition) is 0. The van der Waals surface area contributed by atoms with E-state index in [4.69, 9.17) is 0 Å². The summed E-state index contributed by atoms with van der Waals surface area (Å²) < 4.78 is 0. The first-order valence-electron chi connectivity index (χ1n) is 5.65. The van der Waals surface area contributed by atoms with Crippen LogP contribution in [0.3, 0.4) is 0 Å². The number of rotatable bonds is 5. The third-order valence-corrected chi connectivity index (χ3v) is 3.47. The van der Waals surface area contributed by atoms with Crippen molar-refractivity contribution in [2.45, 2.75) is 53.4 Å². The van der Waals surface area contributed by atoms with Gasteiger partial charge in [-0.2, -0.15) is 0 Å². The van der Waals surface area contributed by atoms with Gasteiger partial charge in [-0.3, -0.25) is 0 Å². The fourth-order valence-electron chi connectivity index (χ4n) is 2.15. The highest BCUT2D eigenvalue weighted by Gasteiger charge is 2.39. The molecule has 0 aromatic carbocycles. The molecule has 12 heavy (non-hydrogen) atoms. The Balaban J connectivity index is 2.08. The van der Waals surface area contributed by atoms with Crippen LogP contribution in [0.1, 0.15) is 53.4 Å². The van der Waals surface area contributed by atoms with Crippen LogP contribution in [0.4, 0.5) is 0 Å². The molecule has 0 spiro atoms. The standard InChI is InChI=1S/C12H24/c1-5-10(4)12-8-11(12)7-6-9(2)3/h9-12H,5-8H2,1-4H3. The lowest BCUT2D eigenvalue weighted by molar-refractivity contribution is 0.431. The Morgan fingerprint density at radius 2 is 1.92 bits per heavy atom. The van der Waals surface area contributed by atoms with Crippen LogP contribution in [0.2, 0.25) is 0 Å². The molecular weight excluding hydrogens is 144 g/mol. The smallest absolute Gasteiger partial charge is 0.0357 e. The van der Waals surface area contributed by atoms with Crippen LogP contribution in [-0.2, 0) is 0 Å². The first-order chi connectivity index (χ1) is 5.65. The van der Waals surface area contributed by atoms with E-state index >= 15 is 0 Å². The van der Waals surface area contributed by atoms with E-state index in [0.29, 0.717) is 0 Å². The van der Waals surface area contributed by atoms with Crippen LogP contribution in [0, 0.1) is 23.7 Å². The highest BCUT2D eigenvalue weighted by Crippen LogP contribution is 2.48. The highest BCUT2D eigenvalue weighted by atomic mass is 14.4. The van der Waals surface area contributed by atoms with E-state index in [0.717, 1.165) is 23.7 Å². The second-order valence-electron chi connectivity index (χ2n) is 5.02. The summed E-state index contributed by atoms with van der Waals surface area (Å²) >= 11 is 0. The van der Waals surface area contributed by atoms with E-state index in [1.165, 1.54) is 25.7 Å². The molecule has 0 heteroatoms. The maximum absolute atomic E-state index is 2.42. The minimum Gasteiger partial charge on any atom is -0.0651 e. The number of hydrogen-bond donors (Lipinski definition) is 0. The van der Waals surface area contributed by atoms with Gasteiger partial charge in [0.1, 0.15) is 0 Å². The van der Waals surface area contributed by atoms with Gasteiger partial charge in [-0.15, -0.1) is 0 Å². The third kappa shape index (κ3) is 2.80. The quantitative estimate of drug-likeness (QED) is 0.579. The van der Waals surface area contributed by atoms with Gasteiger partial charge in [-0.1, -0.05) is 40.5 Å². The van der Waals surface area contributed by atoms with E-state index in [-0.39, 0.29) is 0 Å². The summed E-state index contributed by atoms with van der Waals surface area (Å²) in [5, 5.41) is 0. The van der Waals surface area contributed by atoms with Crippen molar-refractivity contribution in [1.29, 1.82) is 0 Å². The first kappa shape index (κ1) is 10.1. The van der Waals surface area contributed by atoms with Gasteiger partial charge >= 0.3 is 0 Å². The summed E-state index contributed by atoms with van der Waals surface area (Å²) in [4.78, 5) is 0. The molecule has 0 aromatic heterocycles. The molecule has 3 unspecified atom stereocenters. The zero-order chi connectivity index (χ0) is 9.14. The first-order valence-corrected chi connectivity index (χ1v) is 5.65. The van der Waals surface area contributed by atoms with Crippen molar-refractivity contribution in [1.82, 2.24) is 0 Å². The normalized spacial score (nSPS) is 30.8. The molecule has 0 nitrogen and oxygen atoms in total. The van der Waals surface area contributed by atoms with Gasteiger partial charge < -0.3 is 0 Å². The molecule has 1 saturated carbocycles. The zero-order valence-electron chi connectivity index (χ0n) is 9.14. The van der Waals surface area contributed by atoms with E-state index in [1.807, 2.05) is 0 Å². The summed E-state index contributed by atoms with van der Waals surface area (Å²) in [6, 6.07) is 0. The molecule has 0 heterocycles. The Labute approximate surface area is 77.7 Å². The van der Waals surface area contributed by atoms with E-state index in [9.17, 15) is 0 Å². The van der Waals surface area contributed by atoms with Gasteiger partial charge in [0.05, 0.1) is 0 Å². The molecule has 0 aliphatic heterocycles.